The molecule has 6 N–H and O–H groups in total. The van der Waals surface area contributed by atoms with Crippen molar-refractivity contribution in [1.29, 1.82) is 0 Å². The molecule has 0 spiro atoms. The molecule has 0 radical (unpaired) electrons. The maximum absolute atomic E-state index is 13.8. The summed E-state index contributed by atoms with van der Waals surface area (Å²) in [5.74, 6) is 0.302. The first-order valence-electron chi connectivity index (χ1n) is 13.6. The molecule has 7 heterocycles. The average Bonchev–Trinajstić information content (AvgIpc) is 3.77. The van der Waals surface area contributed by atoms with E-state index in [1.54, 1.807) is 0 Å². The number of phosphoric acid groups is 2. The number of imidazole rings is 2. The zero-order valence-corrected chi connectivity index (χ0v) is 25.6. The second-order valence-electron chi connectivity index (χ2n) is 10.5. The first-order valence-corrected chi connectivity index (χ1v) is 16.5. The van der Waals surface area contributed by atoms with Gasteiger partial charge in [-0.05, 0) is 6.92 Å². The Morgan fingerprint density at radius 2 is 1.63 bits per heavy atom. The molecule has 46 heavy (non-hydrogen) atoms. The van der Waals surface area contributed by atoms with Crippen LogP contribution in [0.15, 0.2) is 23.8 Å². The SMILES string of the molecule is COP1(=O)OC[C@H]2O[C@@H](n3cnc4c(N)ncnc43)C(O)[C@H]2OP(=O)(O)OC[C@H]2O[C@@H](n3cnc4c(=O)[nH]c(C)nc43)[C@@H](O1)C2O. The molecule has 3 aliphatic rings. The van der Waals surface area contributed by atoms with E-state index >= 15 is 0 Å². The fourth-order valence-corrected chi connectivity index (χ4v) is 7.55. The summed E-state index contributed by atoms with van der Waals surface area (Å²) >= 11 is 0. The Morgan fingerprint density at radius 1 is 0.935 bits per heavy atom. The highest BCUT2D eigenvalue weighted by atomic mass is 31.2. The van der Waals surface area contributed by atoms with Crippen molar-refractivity contribution in [1.82, 2.24) is 39.0 Å². The molecule has 3 fully saturated rings. The molecule has 10 atom stereocenters. The Balaban J connectivity index is 1.22. The van der Waals surface area contributed by atoms with Crippen LogP contribution < -0.4 is 11.3 Å². The van der Waals surface area contributed by atoms with E-state index in [1.165, 1.54) is 35.0 Å². The van der Waals surface area contributed by atoms with Crippen LogP contribution in [-0.4, -0.2) is 111 Å². The monoisotopic (exact) mass is 687 g/mol. The minimum Gasteiger partial charge on any atom is -0.387 e. The van der Waals surface area contributed by atoms with Gasteiger partial charge in [0.2, 0.25) is 0 Å². The lowest BCUT2D eigenvalue weighted by atomic mass is 10.1. The second-order valence-corrected chi connectivity index (χ2v) is 13.6. The maximum atomic E-state index is 13.8. The number of nitrogen functional groups attached to an aromatic ring is 1. The number of anilines is 1. The fraction of sp³-hybridized carbons (Fsp3) is 0.545. The number of hydrogen-bond donors (Lipinski definition) is 5. The molecule has 22 nitrogen and oxygen atoms in total. The molecule has 2 bridgehead atoms. The summed E-state index contributed by atoms with van der Waals surface area (Å²) in [7, 11) is -8.59. The third-order valence-corrected chi connectivity index (χ3v) is 10.0. The number of nitrogens with zero attached hydrogens (tertiary/aromatic N) is 7. The largest absolute Gasteiger partial charge is 0.475 e. The second kappa shape index (κ2) is 11.5. The predicted octanol–water partition coefficient (Wildman–Crippen LogP) is -0.961. The van der Waals surface area contributed by atoms with E-state index in [9.17, 15) is 29.0 Å². The topological polar surface area (TPSA) is 293 Å². The van der Waals surface area contributed by atoms with Crippen LogP contribution >= 0.6 is 15.6 Å². The van der Waals surface area contributed by atoms with Crippen molar-refractivity contribution in [2.75, 3.05) is 26.1 Å². The van der Waals surface area contributed by atoms with Gasteiger partial charge in [0.1, 0.15) is 54.3 Å². The highest BCUT2D eigenvalue weighted by Crippen LogP contribution is 2.56. The molecule has 3 saturated heterocycles. The van der Waals surface area contributed by atoms with Crippen LogP contribution in [0, 0.1) is 6.92 Å². The molecular formula is C22H27N9O13P2. The van der Waals surface area contributed by atoms with Crippen molar-refractivity contribution in [2.45, 2.75) is 56.0 Å². The Morgan fingerprint density at radius 3 is 2.39 bits per heavy atom. The van der Waals surface area contributed by atoms with E-state index in [-0.39, 0.29) is 34.0 Å². The Hall–Kier alpha value is -3.24. The summed E-state index contributed by atoms with van der Waals surface area (Å²) in [6, 6.07) is 0. The minimum atomic E-state index is -5.02. The normalized spacial score (nSPS) is 37.2. The molecule has 24 heteroatoms. The highest BCUT2D eigenvalue weighted by Gasteiger charge is 2.54. The van der Waals surface area contributed by atoms with Gasteiger partial charge in [0.15, 0.2) is 35.1 Å². The van der Waals surface area contributed by atoms with Crippen LogP contribution in [0.3, 0.4) is 0 Å². The van der Waals surface area contributed by atoms with Gasteiger partial charge in [-0.2, -0.15) is 0 Å². The quantitative estimate of drug-likeness (QED) is 0.162. The number of phosphoric ester groups is 2. The molecule has 248 valence electrons. The van der Waals surface area contributed by atoms with Gasteiger partial charge >= 0.3 is 15.6 Å². The van der Waals surface area contributed by atoms with E-state index in [2.05, 4.69) is 29.9 Å². The molecule has 7 rings (SSSR count). The predicted molar refractivity (Wildman–Crippen MR) is 149 cm³/mol. The van der Waals surface area contributed by atoms with Crippen molar-refractivity contribution < 1.29 is 56.3 Å². The molecule has 4 aromatic heterocycles. The lowest BCUT2D eigenvalue weighted by Crippen LogP contribution is -2.36. The number of nitrogens with one attached hydrogen (secondary N) is 1. The number of hydrogen-bond acceptors (Lipinski definition) is 18. The first kappa shape index (κ1) is 31.4. The third-order valence-electron chi connectivity index (χ3n) is 7.64. The standard InChI is InChI=1S/C22H27N9O13P2/c1-8-28-19-12(20(34)29-8)27-7-31(19)22-16-13(32)9(41-22)3-39-45(35,36)43-15-10(4-40-46(37,38-2)44-16)42-21(14(15)33)30-6-26-11-17(23)24-5-25-18(11)30/h5-7,9-10,13-16,21-22,32-33H,3-4H2,1-2H3,(H,35,36)(H2,23,24,25)(H,28,29,34)/t9-,10-,13?,14?,15+,16+,21-,22-,46?/m1/s1. The van der Waals surface area contributed by atoms with Crippen LogP contribution in [0.2, 0.25) is 0 Å². The number of aliphatic hydroxyl groups excluding tert-OH is 2. The van der Waals surface area contributed by atoms with Gasteiger partial charge in [0.25, 0.3) is 5.56 Å². The van der Waals surface area contributed by atoms with Gasteiger partial charge in [-0.15, -0.1) is 0 Å². The Kier molecular flexibility index (Phi) is 7.82. The van der Waals surface area contributed by atoms with Crippen molar-refractivity contribution in [3.8, 4) is 0 Å². The maximum Gasteiger partial charge on any atom is 0.475 e. The molecule has 0 amide bonds. The number of aliphatic hydroxyl groups is 2. The number of ether oxygens (including phenoxy) is 2. The van der Waals surface area contributed by atoms with Gasteiger partial charge in [-0.1, -0.05) is 0 Å². The zero-order chi connectivity index (χ0) is 32.5. The van der Waals surface area contributed by atoms with Gasteiger partial charge in [0, 0.05) is 7.11 Å². The Bertz CT molecular complexity index is 1950. The fourth-order valence-electron chi connectivity index (χ4n) is 5.48. The summed E-state index contributed by atoms with van der Waals surface area (Å²) in [5, 5.41) is 22.4. The van der Waals surface area contributed by atoms with Crippen LogP contribution in [0.4, 0.5) is 5.82 Å². The molecule has 0 aliphatic carbocycles. The number of rotatable bonds is 3. The third kappa shape index (κ3) is 5.35. The molecule has 3 aliphatic heterocycles. The van der Waals surface area contributed by atoms with Crippen LogP contribution in [0.1, 0.15) is 18.3 Å². The van der Waals surface area contributed by atoms with E-state index in [0.29, 0.717) is 0 Å². The summed E-state index contributed by atoms with van der Waals surface area (Å²) in [6.07, 6.45) is -8.27. The first-order chi connectivity index (χ1) is 21.9. The van der Waals surface area contributed by atoms with Crippen molar-refractivity contribution in [3.63, 3.8) is 0 Å². The van der Waals surface area contributed by atoms with Crippen molar-refractivity contribution in [3.05, 3.63) is 35.2 Å². The van der Waals surface area contributed by atoms with Crippen molar-refractivity contribution in [2.24, 2.45) is 0 Å². The Labute approximate surface area is 256 Å². The summed E-state index contributed by atoms with van der Waals surface area (Å²) in [4.78, 5) is 46.1. The smallest absolute Gasteiger partial charge is 0.387 e. The molecule has 4 unspecified atom stereocenters. The molecule has 0 aromatic carbocycles. The number of nitrogens with two attached hydrogens (primary N) is 1. The molecular weight excluding hydrogens is 660 g/mol. The number of H-pyrrole nitrogens is 1. The van der Waals surface area contributed by atoms with Gasteiger partial charge in [-0.3, -0.25) is 36.5 Å². The lowest BCUT2D eigenvalue weighted by Gasteiger charge is -2.27. The summed E-state index contributed by atoms with van der Waals surface area (Å²) in [5.41, 5.74) is 5.68. The van der Waals surface area contributed by atoms with E-state index in [1.807, 2.05) is 0 Å². The number of aromatic amines is 1. The van der Waals surface area contributed by atoms with Crippen LogP contribution in [0.5, 0.6) is 0 Å². The van der Waals surface area contributed by atoms with E-state index < -0.39 is 83.5 Å². The summed E-state index contributed by atoms with van der Waals surface area (Å²) in [6.45, 7) is 0.105. The van der Waals surface area contributed by atoms with Crippen LogP contribution in [-0.2, 0) is 41.2 Å². The number of aromatic nitrogens is 8. The van der Waals surface area contributed by atoms with E-state index in [0.717, 1.165) is 7.11 Å². The van der Waals surface area contributed by atoms with Gasteiger partial charge in [-0.25, -0.2) is 34.0 Å². The van der Waals surface area contributed by atoms with Crippen molar-refractivity contribution >= 4 is 43.8 Å². The lowest BCUT2D eigenvalue weighted by molar-refractivity contribution is -0.0683. The molecule has 4 aromatic rings. The minimum absolute atomic E-state index is 0.0420. The van der Waals surface area contributed by atoms with E-state index in [4.69, 9.17) is 37.8 Å². The number of fused-ring (bicyclic) bond motifs is 5. The van der Waals surface area contributed by atoms with Gasteiger partial charge < -0.3 is 35.3 Å². The molecule has 0 saturated carbocycles. The van der Waals surface area contributed by atoms with Crippen LogP contribution in [0.25, 0.3) is 22.3 Å². The summed E-state index contributed by atoms with van der Waals surface area (Å²) < 4.78 is 68.3. The number of aryl methyl sites for hydroxylation is 1. The average molecular weight is 687 g/mol. The van der Waals surface area contributed by atoms with Gasteiger partial charge in [0.05, 0.1) is 25.9 Å². The zero-order valence-electron chi connectivity index (χ0n) is 23.8. The highest BCUT2D eigenvalue weighted by molar-refractivity contribution is 7.48.